The van der Waals surface area contributed by atoms with Gasteiger partial charge in [-0.15, -0.1) is 0 Å². The number of nitrogens with zero attached hydrogens (tertiary/aromatic N) is 5. The normalized spacial score (nSPS) is 13.0. The molecule has 0 aliphatic rings. The van der Waals surface area contributed by atoms with E-state index in [-0.39, 0.29) is 5.78 Å². The van der Waals surface area contributed by atoms with Crippen LogP contribution in [0.25, 0.3) is 16.9 Å². The summed E-state index contributed by atoms with van der Waals surface area (Å²) >= 11 is 5.96. The molecule has 0 saturated carbocycles. The first-order chi connectivity index (χ1) is 13.0. The lowest BCUT2D eigenvalue weighted by Gasteiger charge is -2.21. The zero-order chi connectivity index (χ0) is 20.8. The number of hydrogen-bond acceptors (Lipinski definition) is 6. The number of anilines is 1. The number of non-ortho nitro benzene ring substituents is 1. The fourth-order valence-electron chi connectivity index (χ4n) is 2.36. The standard InChI is InChI=1S/C14H8ClF5N6O2/c1-5(14(18,19)20)23-12-10(11(15)24-13-21-4-22-25(12)13)9-7(16)2-6(26(27)28)3-8(9)17/h2-5,23H,1H3/t5-/m0/s1. The Bertz CT molecular complexity index is 1060. The molecule has 0 radical (unpaired) electrons. The first-order valence-electron chi connectivity index (χ1n) is 7.37. The molecule has 0 aliphatic carbocycles. The van der Waals surface area contributed by atoms with Gasteiger partial charge in [-0.25, -0.2) is 8.78 Å². The average molecular weight is 423 g/mol. The van der Waals surface area contributed by atoms with Crippen LogP contribution in [0.15, 0.2) is 18.5 Å². The van der Waals surface area contributed by atoms with Gasteiger partial charge in [-0.1, -0.05) is 11.6 Å². The smallest absolute Gasteiger partial charge is 0.358 e. The first-order valence-corrected chi connectivity index (χ1v) is 7.74. The van der Waals surface area contributed by atoms with Crippen molar-refractivity contribution >= 4 is 28.9 Å². The van der Waals surface area contributed by atoms with Crippen molar-refractivity contribution in [3.63, 3.8) is 0 Å². The molecule has 0 spiro atoms. The summed E-state index contributed by atoms with van der Waals surface area (Å²) in [5.41, 5.74) is -2.39. The quantitative estimate of drug-likeness (QED) is 0.295. The molecule has 3 rings (SSSR count). The van der Waals surface area contributed by atoms with Gasteiger partial charge in [0.05, 0.1) is 28.2 Å². The Morgan fingerprint density at radius 2 is 1.86 bits per heavy atom. The Morgan fingerprint density at radius 3 is 2.39 bits per heavy atom. The molecule has 148 valence electrons. The van der Waals surface area contributed by atoms with E-state index in [9.17, 15) is 32.1 Å². The summed E-state index contributed by atoms with van der Waals surface area (Å²) in [5.74, 6) is -3.60. The monoisotopic (exact) mass is 422 g/mol. The van der Waals surface area contributed by atoms with Crippen LogP contribution in [0.5, 0.6) is 0 Å². The summed E-state index contributed by atoms with van der Waals surface area (Å²) in [6.45, 7) is 0.767. The van der Waals surface area contributed by atoms with E-state index in [1.807, 2.05) is 0 Å². The Kier molecular flexibility index (Phi) is 4.79. The van der Waals surface area contributed by atoms with Gasteiger partial charge >= 0.3 is 6.18 Å². The van der Waals surface area contributed by atoms with E-state index in [1.54, 1.807) is 0 Å². The van der Waals surface area contributed by atoms with Crippen LogP contribution in [0.1, 0.15) is 6.92 Å². The fraction of sp³-hybridized carbons (Fsp3) is 0.214. The van der Waals surface area contributed by atoms with Crippen molar-refractivity contribution in [2.75, 3.05) is 5.32 Å². The molecule has 28 heavy (non-hydrogen) atoms. The Balaban J connectivity index is 2.31. The van der Waals surface area contributed by atoms with E-state index in [4.69, 9.17) is 11.6 Å². The van der Waals surface area contributed by atoms with E-state index >= 15 is 0 Å². The fourth-order valence-corrected chi connectivity index (χ4v) is 2.62. The van der Waals surface area contributed by atoms with Gasteiger partial charge in [0.1, 0.15) is 35.0 Å². The highest BCUT2D eigenvalue weighted by Crippen LogP contribution is 2.39. The van der Waals surface area contributed by atoms with Crippen molar-refractivity contribution < 1.29 is 26.9 Å². The van der Waals surface area contributed by atoms with Crippen molar-refractivity contribution in [1.82, 2.24) is 19.6 Å². The topological polar surface area (TPSA) is 98.2 Å². The molecule has 1 atom stereocenters. The van der Waals surface area contributed by atoms with Gasteiger partial charge in [-0.2, -0.15) is 32.8 Å². The van der Waals surface area contributed by atoms with E-state index < -0.39 is 56.6 Å². The summed E-state index contributed by atoms with van der Waals surface area (Å²) < 4.78 is 68.8. The number of nitrogens with one attached hydrogen (secondary N) is 1. The van der Waals surface area contributed by atoms with Crippen LogP contribution in [-0.4, -0.2) is 36.7 Å². The second-order valence-corrected chi connectivity index (χ2v) is 5.91. The number of halogens is 6. The van der Waals surface area contributed by atoms with Crippen LogP contribution < -0.4 is 5.32 Å². The van der Waals surface area contributed by atoms with Crippen molar-refractivity contribution in [1.29, 1.82) is 0 Å². The molecule has 0 bridgehead atoms. The third-order valence-corrected chi connectivity index (χ3v) is 3.99. The highest BCUT2D eigenvalue weighted by molar-refractivity contribution is 6.33. The molecule has 0 saturated heterocycles. The summed E-state index contributed by atoms with van der Waals surface area (Å²) in [4.78, 5) is 17.2. The van der Waals surface area contributed by atoms with Gasteiger partial charge in [0.15, 0.2) is 0 Å². The molecule has 0 amide bonds. The third-order valence-electron chi connectivity index (χ3n) is 3.71. The molecule has 2 aromatic heterocycles. The molecule has 0 unspecified atom stereocenters. The lowest BCUT2D eigenvalue weighted by Crippen LogP contribution is -2.34. The maximum absolute atomic E-state index is 14.5. The van der Waals surface area contributed by atoms with E-state index in [1.165, 1.54) is 0 Å². The van der Waals surface area contributed by atoms with E-state index in [0.717, 1.165) is 17.8 Å². The summed E-state index contributed by atoms with van der Waals surface area (Å²) in [6, 6.07) is -1.34. The van der Waals surface area contributed by atoms with Crippen molar-refractivity contribution in [2.45, 2.75) is 19.1 Å². The van der Waals surface area contributed by atoms with Gasteiger partial charge in [0.25, 0.3) is 11.5 Å². The lowest BCUT2D eigenvalue weighted by molar-refractivity contribution is -0.385. The Morgan fingerprint density at radius 1 is 1.25 bits per heavy atom. The zero-order valence-corrected chi connectivity index (χ0v) is 14.4. The van der Waals surface area contributed by atoms with Crippen molar-refractivity contribution in [2.24, 2.45) is 0 Å². The zero-order valence-electron chi connectivity index (χ0n) is 13.6. The second-order valence-electron chi connectivity index (χ2n) is 5.55. The summed E-state index contributed by atoms with van der Waals surface area (Å²) in [6.07, 6.45) is -3.76. The predicted molar refractivity (Wildman–Crippen MR) is 86.9 cm³/mol. The molecule has 3 aromatic rings. The lowest BCUT2D eigenvalue weighted by atomic mass is 10.1. The highest BCUT2D eigenvalue weighted by atomic mass is 35.5. The molecule has 1 N–H and O–H groups in total. The maximum atomic E-state index is 14.5. The van der Waals surface area contributed by atoms with E-state index in [2.05, 4.69) is 20.4 Å². The largest absolute Gasteiger partial charge is 0.408 e. The molecule has 2 heterocycles. The number of fused-ring (bicyclic) bond motifs is 1. The number of benzene rings is 1. The Hall–Kier alpha value is -3.09. The maximum Gasteiger partial charge on any atom is 0.408 e. The van der Waals surface area contributed by atoms with Gasteiger partial charge in [0.2, 0.25) is 0 Å². The van der Waals surface area contributed by atoms with Crippen LogP contribution in [0.2, 0.25) is 5.15 Å². The van der Waals surface area contributed by atoms with Crippen LogP contribution in [-0.2, 0) is 0 Å². The van der Waals surface area contributed by atoms with Gasteiger partial charge in [-0.3, -0.25) is 10.1 Å². The molecular formula is C14H8ClF5N6O2. The number of alkyl halides is 3. The average Bonchev–Trinajstić information content (AvgIpc) is 3.03. The summed E-state index contributed by atoms with van der Waals surface area (Å²) in [5, 5.41) is 15.9. The minimum Gasteiger partial charge on any atom is -0.358 e. The number of hydrogen-bond donors (Lipinski definition) is 1. The molecule has 0 aliphatic heterocycles. The number of nitro benzene ring substituents is 1. The van der Waals surface area contributed by atoms with Crippen molar-refractivity contribution in [3.8, 4) is 11.1 Å². The highest BCUT2D eigenvalue weighted by Gasteiger charge is 2.38. The molecular weight excluding hydrogens is 415 g/mol. The molecule has 14 heteroatoms. The summed E-state index contributed by atoms with van der Waals surface area (Å²) in [7, 11) is 0. The van der Waals surface area contributed by atoms with Crippen LogP contribution in [0, 0.1) is 21.7 Å². The van der Waals surface area contributed by atoms with Crippen molar-refractivity contribution in [3.05, 3.63) is 45.4 Å². The molecule has 8 nitrogen and oxygen atoms in total. The third kappa shape index (κ3) is 3.40. The number of aromatic nitrogens is 4. The SMILES string of the molecule is C[C@H](Nc1c(-c2c(F)cc([N+](=O)[O-])cc2F)c(Cl)nc2ncnn12)C(F)(F)F. The van der Waals surface area contributed by atoms with Crippen LogP contribution in [0.4, 0.5) is 33.5 Å². The molecule has 0 fully saturated rings. The molecule has 1 aromatic carbocycles. The van der Waals surface area contributed by atoms with Gasteiger partial charge < -0.3 is 5.32 Å². The van der Waals surface area contributed by atoms with Gasteiger partial charge in [-0.05, 0) is 6.92 Å². The predicted octanol–water partition coefficient (Wildman–Crippen LogP) is 3.99. The van der Waals surface area contributed by atoms with Gasteiger partial charge in [0, 0.05) is 0 Å². The minimum atomic E-state index is -4.72. The van der Waals surface area contributed by atoms with Crippen LogP contribution in [0.3, 0.4) is 0 Å². The number of nitro groups is 1. The second kappa shape index (κ2) is 6.82. The minimum absolute atomic E-state index is 0.228. The van der Waals surface area contributed by atoms with E-state index in [0.29, 0.717) is 12.1 Å². The first kappa shape index (κ1) is 19.7. The van der Waals surface area contributed by atoms with Crippen LogP contribution >= 0.6 is 11.6 Å². The number of rotatable bonds is 4. The Labute approximate surface area is 157 Å².